The summed E-state index contributed by atoms with van der Waals surface area (Å²) in [4.78, 5) is 16.3. The smallest absolute Gasteiger partial charge is 0.321 e. The molecule has 1 fully saturated rings. The van der Waals surface area contributed by atoms with E-state index in [1.807, 2.05) is 20.8 Å². The average molecular weight is 282 g/mol. The molecule has 0 spiro atoms. The quantitative estimate of drug-likeness (QED) is 0.714. The third-order valence-electron chi connectivity index (χ3n) is 4.13. The summed E-state index contributed by atoms with van der Waals surface area (Å²) in [7, 11) is 1.38. The third kappa shape index (κ3) is 2.22. The van der Waals surface area contributed by atoms with Crippen LogP contribution in [0.25, 0.3) is 0 Å². The summed E-state index contributed by atoms with van der Waals surface area (Å²) in [5, 5.41) is 4.05. The van der Waals surface area contributed by atoms with Gasteiger partial charge in [0.15, 0.2) is 0 Å². The first-order valence-corrected chi connectivity index (χ1v) is 7.15. The van der Waals surface area contributed by atoms with Gasteiger partial charge in [-0.2, -0.15) is 4.98 Å². The van der Waals surface area contributed by atoms with Gasteiger partial charge < -0.3 is 14.0 Å². The summed E-state index contributed by atoms with van der Waals surface area (Å²) in [6.07, 6.45) is 2.89. The van der Waals surface area contributed by atoms with Crippen LogP contribution in [-0.2, 0) is 25.3 Å². The number of rotatable bonds is 7. The van der Waals surface area contributed by atoms with Gasteiger partial charge in [-0.15, -0.1) is 0 Å². The second kappa shape index (κ2) is 5.52. The highest BCUT2D eigenvalue weighted by Crippen LogP contribution is 2.49. The zero-order chi connectivity index (χ0) is 14.8. The van der Waals surface area contributed by atoms with Crippen molar-refractivity contribution in [2.45, 2.75) is 57.5 Å². The molecule has 0 aliphatic heterocycles. The molecule has 0 radical (unpaired) electrons. The van der Waals surface area contributed by atoms with Gasteiger partial charge in [0.25, 0.3) is 0 Å². The summed E-state index contributed by atoms with van der Waals surface area (Å²) < 4.78 is 16.0. The number of aromatic nitrogens is 2. The maximum Gasteiger partial charge on any atom is 0.321 e. The standard InChI is InChI=1S/C14H22N2O4/c1-5-14(6-2,19-7-3)10-15-11(20-16-10)13(8-9-13)12(17)18-4/h5-9H2,1-4H3. The fourth-order valence-corrected chi connectivity index (χ4v) is 2.54. The lowest BCUT2D eigenvalue weighted by Gasteiger charge is -2.27. The second-order valence-electron chi connectivity index (χ2n) is 5.13. The van der Waals surface area contributed by atoms with Gasteiger partial charge in [-0.3, -0.25) is 4.79 Å². The molecular formula is C14H22N2O4. The fraction of sp³-hybridized carbons (Fsp3) is 0.786. The summed E-state index contributed by atoms with van der Waals surface area (Å²) in [6.45, 7) is 6.58. The van der Waals surface area contributed by atoms with Crippen LogP contribution in [0.4, 0.5) is 0 Å². The van der Waals surface area contributed by atoms with Gasteiger partial charge in [-0.25, -0.2) is 0 Å². The van der Waals surface area contributed by atoms with Crippen molar-refractivity contribution in [2.75, 3.05) is 13.7 Å². The van der Waals surface area contributed by atoms with Gasteiger partial charge in [-0.1, -0.05) is 19.0 Å². The van der Waals surface area contributed by atoms with E-state index in [9.17, 15) is 4.79 Å². The number of carbonyl (C=O) groups excluding carboxylic acids is 1. The molecule has 1 aliphatic carbocycles. The normalized spacial score (nSPS) is 17.0. The van der Waals surface area contributed by atoms with Gasteiger partial charge in [-0.05, 0) is 32.6 Å². The largest absolute Gasteiger partial charge is 0.468 e. The molecule has 1 aromatic rings. The summed E-state index contributed by atoms with van der Waals surface area (Å²) >= 11 is 0. The van der Waals surface area contributed by atoms with E-state index in [1.165, 1.54) is 7.11 Å². The summed E-state index contributed by atoms with van der Waals surface area (Å²) in [6, 6.07) is 0. The van der Waals surface area contributed by atoms with Crippen LogP contribution in [0.2, 0.25) is 0 Å². The lowest BCUT2D eigenvalue weighted by atomic mass is 9.96. The minimum absolute atomic E-state index is 0.303. The van der Waals surface area contributed by atoms with Crippen LogP contribution in [-0.4, -0.2) is 29.8 Å². The molecule has 1 aliphatic rings. The van der Waals surface area contributed by atoms with Gasteiger partial charge >= 0.3 is 5.97 Å². The molecule has 2 rings (SSSR count). The van der Waals surface area contributed by atoms with Crippen LogP contribution in [0.1, 0.15) is 58.2 Å². The minimum Gasteiger partial charge on any atom is -0.468 e. The maximum atomic E-state index is 11.8. The van der Waals surface area contributed by atoms with Gasteiger partial charge in [0.05, 0.1) is 7.11 Å². The topological polar surface area (TPSA) is 74.5 Å². The van der Waals surface area contributed by atoms with Crippen molar-refractivity contribution >= 4 is 5.97 Å². The van der Waals surface area contributed by atoms with Crippen LogP contribution in [0, 0.1) is 0 Å². The van der Waals surface area contributed by atoms with Crippen molar-refractivity contribution in [1.82, 2.24) is 10.1 Å². The molecular weight excluding hydrogens is 260 g/mol. The van der Waals surface area contributed by atoms with E-state index < -0.39 is 11.0 Å². The van der Waals surface area contributed by atoms with Crippen molar-refractivity contribution in [3.8, 4) is 0 Å². The molecule has 1 aromatic heterocycles. The van der Waals surface area contributed by atoms with Crippen molar-refractivity contribution in [2.24, 2.45) is 0 Å². The second-order valence-corrected chi connectivity index (χ2v) is 5.13. The first-order valence-electron chi connectivity index (χ1n) is 7.15. The summed E-state index contributed by atoms with van der Waals surface area (Å²) in [5.74, 6) is 0.572. The van der Waals surface area contributed by atoms with Crippen LogP contribution >= 0.6 is 0 Å². The first kappa shape index (κ1) is 15.0. The number of hydrogen-bond acceptors (Lipinski definition) is 6. The van der Waals surface area contributed by atoms with E-state index in [1.54, 1.807) is 0 Å². The number of esters is 1. The highest BCUT2D eigenvalue weighted by molar-refractivity contribution is 5.85. The van der Waals surface area contributed by atoms with Crippen molar-refractivity contribution < 1.29 is 18.8 Å². The highest BCUT2D eigenvalue weighted by atomic mass is 16.5. The van der Waals surface area contributed by atoms with Crippen LogP contribution in [0.3, 0.4) is 0 Å². The molecule has 0 saturated heterocycles. The number of ether oxygens (including phenoxy) is 2. The van der Waals surface area contributed by atoms with E-state index in [4.69, 9.17) is 14.0 Å². The fourth-order valence-electron chi connectivity index (χ4n) is 2.54. The molecule has 0 bridgehead atoms. The SMILES string of the molecule is CCOC(CC)(CC)c1noc(C2(C(=O)OC)CC2)n1. The van der Waals surface area contributed by atoms with E-state index in [0.29, 0.717) is 31.2 Å². The Labute approximate surface area is 118 Å². The molecule has 0 atom stereocenters. The molecule has 6 nitrogen and oxygen atoms in total. The van der Waals surface area contributed by atoms with E-state index in [0.717, 1.165) is 12.8 Å². The Hall–Kier alpha value is -1.43. The Bertz CT molecular complexity index is 475. The molecule has 0 unspecified atom stereocenters. The average Bonchev–Trinajstić information content (AvgIpc) is 3.14. The van der Waals surface area contributed by atoms with E-state index in [2.05, 4.69) is 10.1 Å². The molecule has 0 N–H and O–H groups in total. The Morgan fingerprint density at radius 2 is 2.00 bits per heavy atom. The Morgan fingerprint density at radius 3 is 2.45 bits per heavy atom. The Kier molecular flexibility index (Phi) is 4.13. The van der Waals surface area contributed by atoms with Crippen LogP contribution in [0.5, 0.6) is 0 Å². The Morgan fingerprint density at radius 1 is 1.35 bits per heavy atom. The summed E-state index contributed by atoms with van der Waals surface area (Å²) in [5.41, 5.74) is -1.26. The van der Waals surface area contributed by atoms with Crippen molar-refractivity contribution in [1.29, 1.82) is 0 Å². The molecule has 6 heteroatoms. The van der Waals surface area contributed by atoms with Crippen LogP contribution in [0.15, 0.2) is 4.52 Å². The van der Waals surface area contributed by atoms with Crippen molar-refractivity contribution in [3.63, 3.8) is 0 Å². The van der Waals surface area contributed by atoms with E-state index in [-0.39, 0.29) is 5.97 Å². The third-order valence-corrected chi connectivity index (χ3v) is 4.13. The van der Waals surface area contributed by atoms with Gasteiger partial charge in [0, 0.05) is 6.61 Å². The van der Waals surface area contributed by atoms with Gasteiger partial charge in [0.2, 0.25) is 11.7 Å². The maximum absolute atomic E-state index is 11.8. The van der Waals surface area contributed by atoms with Crippen LogP contribution < -0.4 is 0 Å². The zero-order valence-corrected chi connectivity index (χ0v) is 12.6. The molecule has 0 amide bonds. The molecule has 20 heavy (non-hydrogen) atoms. The van der Waals surface area contributed by atoms with E-state index >= 15 is 0 Å². The lowest BCUT2D eigenvalue weighted by Crippen LogP contribution is -2.30. The number of carbonyl (C=O) groups is 1. The van der Waals surface area contributed by atoms with Gasteiger partial charge in [0.1, 0.15) is 11.0 Å². The first-order chi connectivity index (χ1) is 9.58. The van der Waals surface area contributed by atoms with Crippen molar-refractivity contribution in [3.05, 3.63) is 11.7 Å². The predicted octanol–water partition coefficient (Wildman–Crippen LogP) is 2.33. The minimum atomic E-state index is -0.723. The number of nitrogens with zero attached hydrogens (tertiary/aromatic N) is 2. The Balaban J connectivity index is 2.31. The lowest BCUT2D eigenvalue weighted by molar-refractivity contribution is -0.144. The molecule has 1 saturated carbocycles. The molecule has 112 valence electrons. The molecule has 1 heterocycles. The molecule has 0 aromatic carbocycles. The number of methoxy groups -OCH3 is 1. The monoisotopic (exact) mass is 282 g/mol. The number of hydrogen-bond donors (Lipinski definition) is 0. The predicted molar refractivity (Wildman–Crippen MR) is 71.1 cm³/mol. The zero-order valence-electron chi connectivity index (χ0n) is 12.6. The highest BCUT2D eigenvalue weighted by Gasteiger charge is 2.58.